The van der Waals surface area contributed by atoms with Crippen molar-refractivity contribution in [1.29, 1.82) is 0 Å². The molecule has 0 unspecified atom stereocenters. The average molecular weight is 483 g/mol. The molecule has 2 fully saturated rings. The molecule has 3 heterocycles. The number of piperidine rings is 1. The Kier molecular flexibility index (Phi) is 4.61. The van der Waals surface area contributed by atoms with Crippen molar-refractivity contribution in [3.05, 3.63) is 81.3 Å². The number of nitrogens with one attached hydrogen (secondary N) is 2. The second-order valence-electron chi connectivity index (χ2n) is 10.7. The van der Waals surface area contributed by atoms with Crippen LogP contribution >= 0.6 is 0 Å². The summed E-state index contributed by atoms with van der Waals surface area (Å²) in [4.78, 5) is 23.4. The number of rotatable bonds is 4. The predicted octanol–water partition coefficient (Wildman–Crippen LogP) is 3.58. The van der Waals surface area contributed by atoms with E-state index in [1.807, 2.05) is 12.1 Å². The second-order valence-corrected chi connectivity index (χ2v) is 10.7. The van der Waals surface area contributed by atoms with Crippen LogP contribution in [0.5, 0.6) is 5.75 Å². The molecule has 8 nitrogen and oxygen atoms in total. The first-order chi connectivity index (χ1) is 17.5. The average Bonchev–Trinajstić information content (AvgIpc) is 3.52. The molecule has 1 spiro atoms. The van der Waals surface area contributed by atoms with E-state index >= 15 is 0 Å². The molecule has 4 N–H and O–H groups in total. The highest BCUT2D eigenvalue weighted by molar-refractivity contribution is 5.80. The van der Waals surface area contributed by atoms with Crippen LogP contribution in [0.2, 0.25) is 0 Å². The van der Waals surface area contributed by atoms with Crippen LogP contribution < -0.4 is 20.9 Å². The van der Waals surface area contributed by atoms with Gasteiger partial charge < -0.3 is 15.4 Å². The highest BCUT2D eigenvalue weighted by Crippen LogP contribution is 2.54. The van der Waals surface area contributed by atoms with E-state index in [2.05, 4.69) is 56.5 Å². The summed E-state index contributed by atoms with van der Waals surface area (Å²) in [6.07, 6.45) is 4.88. The number of nitrogens with two attached hydrogens (primary N) is 1. The van der Waals surface area contributed by atoms with Gasteiger partial charge >= 0.3 is 0 Å². The summed E-state index contributed by atoms with van der Waals surface area (Å²) in [7, 11) is 1.66. The number of anilines is 1. The maximum absolute atomic E-state index is 13.4. The number of H-pyrrole nitrogens is 2. The number of ether oxygens (including phenoxy) is 1. The molecule has 36 heavy (non-hydrogen) atoms. The zero-order chi connectivity index (χ0) is 24.5. The lowest BCUT2D eigenvalue weighted by atomic mass is 9.73. The lowest BCUT2D eigenvalue weighted by Crippen LogP contribution is -2.45. The first-order valence-corrected chi connectivity index (χ1v) is 12.7. The molecule has 4 aromatic rings. The Hall–Kier alpha value is -3.65. The topological polar surface area (TPSA) is 113 Å². The number of nitrogens with zero attached hydrogens (tertiary/aromatic N) is 3. The Morgan fingerprint density at radius 2 is 1.81 bits per heavy atom. The van der Waals surface area contributed by atoms with Gasteiger partial charge in [0, 0.05) is 24.5 Å². The Bertz CT molecular complexity index is 1510. The number of aromatic amines is 2. The molecule has 2 aromatic carbocycles. The molecule has 8 heteroatoms. The van der Waals surface area contributed by atoms with Gasteiger partial charge in [-0.15, -0.1) is 0 Å². The van der Waals surface area contributed by atoms with Crippen molar-refractivity contribution >= 4 is 17.0 Å². The van der Waals surface area contributed by atoms with Gasteiger partial charge in [-0.25, -0.2) is 0 Å². The Labute approximate surface area is 208 Å². The van der Waals surface area contributed by atoms with Gasteiger partial charge in [-0.1, -0.05) is 36.4 Å². The van der Waals surface area contributed by atoms with Crippen LogP contribution in [0, 0.1) is 5.41 Å². The van der Waals surface area contributed by atoms with Gasteiger partial charge in [0.1, 0.15) is 11.1 Å². The van der Waals surface area contributed by atoms with Gasteiger partial charge in [0.25, 0.3) is 5.56 Å². The van der Waals surface area contributed by atoms with Gasteiger partial charge in [-0.05, 0) is 66.3 Å². The largest absolute Gasteiger partial charge is 0.497 e. The zero-order valence-corrected chi connectivity index (χ0v) is 20.4. The molecule has 2 aliphatic carbocycles. The van der Waals surface area contributed by atoms with E-state index in [1.54, 1.807) is 7.11 Å². The molecule has 1 saturated carbocycles. The third kappa shape index (κ3) is 3.07. The molecule has 7 rings (SSSR count). The minimum absolute atomic E-state index is 0.0631. The van der Waals surface area contributed by atoms with E-state index in [1.165, 1.54) is 11.1 Å². The molecule has 1 saturated heterocycles. The third-order valence-corrected chi connectivity index (χ3v) is 8.91. The van der Waals surface area contributed by atoms with E-state index in [4.69, 9.17) is 15.5 Å². The molecular formula is C28H30N6O2. The van der Waals surface area contributed by atoms with Crippen LogP contribution in [0.1, 0.15) is 54.1 Å². The number of fused-ring (bicyclic) bond motifs is 2. The van der Waals surface area contributed by atoms with Gasteiger partial charge in [-0.3, -0.25) is 14.9 Å². The number of methoxy groups -OCH3 is 1. The maximum atomic E-state index is 13.4. The highest BCUT2D eigenvalue weighted by Gasteiger charge is 2.50. The predicted molar refractivity (Wildman–Crippen MR) is 138 cm³/mol. The molecule has 2 aromatic heterocycles. The lowest BCUT2D eigenvalue weighted by Gasteiger charge is -2.42. The lowest BCUT2D eigenvalue weighted by molar-refractivity contribution is 0.187. The normalized spacial score (nSPS) is 21.6. The van der Waals surface area contributed by atoms with Crippen molar-refractivity contribution in [2.45, 2.75) is 43.6 Å². The second kappa shape index (κ2) is 7.67. The zero-order valence-electron chi connectivity index (χ0n) is 20.4. The first kappa shape index (κ1) is 21.6. The van der Waals surface area contributed by atoms with Crippen LogP contribution in [0.4, 0.5) is 5.95 Å². The van der Waals surface area contributed by atoms with Crippen LogP contribution in [-0.2, 0) is 11.8 Å². The standard InChI is InChI=1S/C28H30N6O2/c1-36-19-8-6-18(7-9-19)28(10-11-28)23-21-24(33-32-23)30-26(31-25(21)35)34-14-12-27(13-15-34)16-17-4-2-3-5-20(17)22(27)29/h2-9,22H,10-16,29H2,1H3,(H2,30,31,32,33,35)/t22-/m1/s1. The third-order valence-electron chi connectivity index (χ3n) is 8.91. The molecule has 0 amide bonds. The minimum Gasteiger partial charge on any atom is -0.497 e. The van der Waals surface area contributed by atoms with Crippen molar-refractivity contribution in [2.75, 3.05) is 25.1 Å². The van der Waals surface area contributed by atoms with Gasteiger partial charge in [0.15, 0.2) is 5.65 Å². The van der Waals surface area contributed by atoms with Crippen molar-refractivity contribution in [3.63, 3.8) is 0 Å². The molecule has 0 radical (unpaired) electrons. The Morgan fingerprint density at radius 3 is 2.50 bits per heavy atom. The highest BCUT2D eigenvalue weighted by atomic mass is 16.5. The summed E-state index contributed by atoms with van der Waals surface area (Å²) in [6.45, 7) is 1.62. The minimum atomic E-state index is -0.244. The molecule has 1 atom stereocenters. The summed E-state index contributed by atoms with van der Waals surface area (Å²) in [5.74, 6) is 1.42. The number of benzene rings is 2. The maximum Gasteiger partial charge on any atom is 0.263 e. The van der Waals surface area contributed by atoms with Crippen LogP contribution in [-0.4, -0.2) is 40.4 Å². The van der Waals surface area contributed by atoms with Gasteiger partial charge in [0.2, 0.25) is 5.95 Å². The first-order valence-electron chi connectivity index (χ1n) is 12.7. The summed E-state index contributed by atoms with van der Waals surface area (Å²) in [5, 5.41) is 8.24. The quantitative estimate of drug-likeness (QED) is 0.410. The number of hydrogen-bond donors (Lipinski definition) is 3. The number of hydrogen-bond acceptors (Lipinski definition) is 6. The fraction of sp³-hybridized carbons (Fsp3) is 0.393. The Morgan fingerprint density at radius 1 is 1.06 bits per heavy atom. The fourth-order valence-corrected chi connectivity index (χ4v) is 6.59. The van der Waals surface area contributed by atoms with Crippen molar-refractivity contribution in [3.8, 4) is 5.75 Å². The smallest absolute Gasteiger partial charge is 0.263 e. The van der Waals surface area contributed by atoms with Crippen molar-refractivity contribution < 1.29 is 4.74 Å². The van der Waals surface area contributed by atoms with Crippen molar-refractivity contribution in [2.24, 2.45) is 11.1 Å². The summed E-state index contributed by atoms with van der Waals surface area (Å²) >= 11 is 0. The fourth-order valence-electron chi connectivity index (χ4n) is 6.59. The summed E-state index contributed by atoms with van der Waals surface area (Å²) in [5.41, 5.74) is 11.6. The number of aromatic nitrogens is 4. The van der Waals surface area contributed by atoms with Crippen LogP contribution in [0.15, 0.2) is 53.3 Å². The SMILES string of the molecule is COc1ccc(C2(c3n[nH]c4nc(N5CCC6(CC5)Cc5ccccc5[C@H]6N)[nH]c(=O)c34)CC2)cc1. The monoisotopic (exact) mass is 482 g/mol. The molecular weight excluding hydrogens is 452 g/mol. The van der Waals surface area contributed by atoms with E-state index in [9.17, 15) is 4.79 Å². The van der Waals surface area contributed by atoms with E-state index in [0.29, 0.717) is 17.0 Å². The summed E-state index contributed by atoms with van der Waals surface area (Å²) in [6, 6.07) is 16.7. The van der Waals surface area contributed by atoms with Gasteiger partial charge in [0.05, 0.1) is 12.8 Å². The molecule has 3 aliphatic rings. The van der Waals surface area contributed by atoms with Crippen LogP contribution in [0.25, 0.3) is 11.0 Å². The van der Waals surface area contributed by atoms with Gasteiger partial charge in [-0.2, -0.15) is 10.1 Å². The molecule has 1 aliphatic heterocycles. The van der Waals surface area contributed by atoms with E-state index in [0.717, 1.165) is 62.2 Å². The van der Waals surface area contributed by atoms with Crippen LogP contribution in [0.3, 0.4) is 0 Å². The van der Waals surface area contributed by atoms with E-state index in [-0.39, 0.29) is 22.4 Å². The Balaban J connectivity index is 1.16. The van der Waals surface area contributed by atoms with E-state index < -0.39 is 0 Å². The summed E-state index contributed by atoms with van der Waals surface area (Å²) < 4.78 is 5.31. The molecule has 184 valence electrons. The van der Waals surface area contributed by atoms with Crippen molar-refractivity contribution in [1.82, 2.24) is 20.2 Å². The molecule has 0 bridgehead atoms.